The highest BCUT2D eigenvalue weighted by Gasteiger charge is 2.42. The molecule has 1 atom stereocenters. The maximum absolute atomic E-state index is 12.2. The molecule has 3 rings (SSSR count). The minimum absolute atomic E-state index is 0.129. The Balaban J connectivity index is 1.76. The summed E-state index contributed by atoms with van der Waals surface area (Å²) in [7, 11) is 0. The number of nitrogens with zero attached hydrogens (tertiary/aromatic N) is 3. The lowest BCUT2D eigenvalue weighted by atomic mass is 9.73. The molecule has 0 saturated carbocycles. The van der Waals surface area contributed by atoms with Gasteiger partial charge in [0, 0.05) is 43.7 Å². The predicted octanol–water partition coefficient (Wildman–Crippen LogP) is 2.40. The van der Waals surface area contributed by atoms with E-state index in [1.165, 1.54) is 6.20 Å². The minimum Gasteiger partial charge on any atom is -0.478 e. The molecule has 2 fully saturated rings. The Hall–Kier alpha value is -2.11. The van der Waals surface area contributed by atoms with Crippen molar-refractivity contribution in [2.45, 2.75) is 45.6 Å². The van der Waals surface area contributed by atoms with E-state index in [9.17, 15) is 9.59 Å². The number of amides is 1. The molecule has 6 nitrogen and oxygen atoms in total. The number of carbonyl (C=O) groups is 2. The number of hydrogen-bond donors (Lipinski definition) is 1. The minimum atomic E-state index is -0.956. The second kappa shape index (κ2) is 6.42. The predicted molar refractivity (Wildman–Crippen MR) is 91.2 cm³/mol. The smallest absolute Gasteiger partial charge is 0.337 e. The molecule has 1 spiro atoms. The molecule has 1 N–H and O–H groups in total. The van der Waals surface area contributed by atoms with Crippen LogP contribution in [0.5, 0.6) is 0 Å². The summed E-state index contributed by atoms with van der Waals surface area (Å²) >= 11 is 0. The molecule has 24 heavy (non-hydrogen) atoms. The number of piperidine rings is 2. The van der Waals surface area contributed by atoms with E-state index in [0.29, 0.717) is 6.42 Å². The SMILES string of the molecule is CC(C)N1C[C@@]2(CCCN(c3ccc(C(=O)O)cn3)C2)CCC1=O. The fraction of sp³-hybridized carbons (Fsp3) is 0.611. The van der Waals surface area contributed by atoms with Gasteiger partial charge in [0.2, 0.25) is 5.91 Å². The van der Waals surface area contributed by atoms with Crippen molar-refractivity contribution in [3.63, 3.8) is 0 Å². The van der Waals surface area contributed by atoms with E-state index in [4.69, 9.17) is 5.11 Å². The normalized spacial score (nSPS) is 24.7. The Kier molecular flexibility index (Phi) is 4.47. The molecule has 6 heteroatoms. The van der Waals surface area contributed by atoms with E-state index in [2.05, 4.69) is 23.7 Å². The number of carbonyl (C=O) groups excluding carboxylic acids is 1. The van der Waals surface area contributed by atoms with E-state index in [1.54, 1.807) is 12.1 Å². The highest BCUT2D eigenvalue weighted by Crippen LogP contribution is 2.40. The summed E-state index contributed by atoms with van der Waals surface area (Å²) in [5.74, 6) is 0.131. The summed E-state index contributed by atoms with van der Waals surface area (Å²) < 4.78 is 0. The van der Waals surface area contributed by atoms with E-state index < -0.39 is 5.97 Å². The van der Waals surface area contributed by atoms with Crippen LogP contribution in [-0.2, 0) is 4.79 Å². The summed E-state index contributed by atoms with van der Waals surface area (Å²) in [5.41, 5.74) is 0.337. The van der Waals surface area contributed by atoms with Crippen LogP contribution in [0.15, 0.2) is 18.3 Å². The first-order valence-electron chi connectivity index (χ1n) is 8.64. The Bertz CT molecular complexity index is 629. The monoisotopic (exact) mass is 331 g/mol. The maximum Gasteiger partial charge on any atom is 0.337 e. The lowest BCUT2D eigenvalue weighted by Crippen LogP contribution is -2.55. The van der Waals surface area contributed by atoms with Gasteiger partial charge in [0.05, 0.1) is 5.56 Å². The number of rotatable bonds is 3. The second-order valence-electron chi connectivity index (χ2n) is 7.35. The molecule has 3 heterocycles. The van der Waals surface area contributed by atoms with Crippen molar-refractivity contribution in [1.82, 2.24) is 9.88 Å². The van der Waals surface area contributed by atoms with Gasteiger partial charge < -0.3 is 14.9 Å². The Morgan fingerprint density at radius 1 is 1.29 bits per heavy atom. The average molecular weight is 331 g/mol. The van der Waals surface area contributed by atoms with Gasteiger partial charge in [-0.15, -0.1) is 0 Å². The van der Waals surface area contributed by atoms with Crippen LogP contribution in [0.2, 0.25) is 0 Å². The van der Waals surface area contributed by atoms with Crippen LogP contribution in [-0.4, -0.2) is 52.5 Å². The first-order chi connectivity index (χ1) is 11.4. The van der Waals surface area contributed by atoms with Crippen molar-refractivity contribution < 1.29 is 14.7 Å². The molecule has 0 bridgehead atoms. The highest BCUT2D eigenvalue weighted by molar-refractivity contribution is 5.87. The van der Waals surface area contributed by atoms with E-state index in [1.807, 2.05) is 4.90 Å². The molecule has 0 radical (unpaired) electrons. The zero-order valence-electron chi connectivity index (χ0n) is 14.4. The lowest BCUT2D eigenvalue weighted by molar-refractivity contribution is -0.140. The maximum atomic E-state index is 12.2. The van der Waals surface area contributed by atoms with Crippen LogP contribution in [0.1, 0.15) is 49.9 Å². The number of aromatic carboxylic acids is 1. The number of carboxylic acids is 1. The molecule has 2 aliphatic rings. The fourth-order valence-electron chi connectivity index (χ4n) is 3.95. The summed E-state index contributed by atoms with van der Waals surface area (Å²) in [6.07, 6.45) is 5.18. The third kappa shape index (κ3) is 3.23. The molecule has 2 aliphatic heterocycles. The quantitative estimate of drug-likeness (QED) is 0.920. The number of hydrogen-bond acceptors (Lipinski definition) is 4. The molecule has 130 valence electrons. The van der Waals surface area contributed by atoms with Crippen LogP contribution in [0, 0.1) is 5.41 Å². The van der Waals surface area contributed by atoms with Gasteiger partial charge in [-0.1, -0.05) is 0 Å². The first-order valence-corrected chi connectivity index (χ1v) is 8.64. The van der Waals surface area contributed by atoms with E-state index in [-0.39, 0.29) is 22.9 Å². The zero-order valence-corrected chi connectivity index (χ0v) is 14.4. The Labute approximate surface area is 142 Å². The van der Waals surface area contributed by atoms with Crippen molar-refractivity contribution in [3.8, 4) is 0 Å². The van der Waals surface area contributed by atoms with Gasteiger partial charge in [0.1, 0.15) is 5.82 Å². The van der Waals surface area contributed by atoms with E-state index in [0.717, 1.165) is 44.7 Å². The molecule has 1 aromatic rings. The molecule has 0 unspecified atom stereocenters. The van der Waals surface area contributed by atoms with Gasteiger partial charge in [-0.05, 0) is 45.2 Å². The number of aromatic nitrogens is 1. The van der Waals surface area contributed by atoms with Gasteiger partial charge in [0.25, 0.3) is 0 Å². The van der Waals surface area contributed by atoms with E-state index >= 15 is 0 Å². The van der Waals surface area contributed by atoms with Crippen molar-refractivity contribution in [3.05, 3.63) is 23.9 Å². The summed E-state index contributed by atoms with van der Waals surface area (Å²) in [4.78, 5) is 31.7. The number of likely N-dealkylation sites (tertiary alicyclic amines) is 1. The van der Waals surface area contributed by atoms with Gasteiger partial charge >= 0.3 is 5.97 Å². The molecule has 0 aromatic carbocycles. The Morgan fingerprint density at radius 2 is 2.08 bits per heavy atom. The zero-order chi connectivity index (χ0) is 17.3. The molecule has 1 amide bonds. The third-order valence-electron chi connectivity index (χ3n) is 5.30. The third-order valence-corrected chi connectivity index (χ3v) is 5.30. The number of anilines is 1. The number of carboxylic acid groups (broad SMARTS) is 1. The Morgan fingerprint density at radius 3 is 2.71 bits per heavy atom. The highest BCUT2D eigenvalue weighted by atomic mass is 16.4. The largest absolute Gasteiger partial charge is 0.478 e. The number of pyridine rings is 1. The van der Waals surface area contributed by atoms with Crippen molar-refractivity contribution in [1.29, 1.82) is 0 Å². The molecule has 1 aromatic heterocycles. The summed E-state index contributed by atoms with van der Waals surface area (Å²) in [6.45, 7) is 6.76. The standard InChI is InChI=1S/C18H25N3O3/c1-13(2)21-12-18(8-6-16(21)22)7-3-9-20(11-18)15-5-4-14(10-19-15)17(23)24/h4-5,10,13H,3,6-9,11-12H2,1-2H3,(H,23,24)/t18-/m0/s1. The summed E-state index contributed by atoms with van der Waals surface area (Å²) in [6, 6.07) is 3.63. The van der Waals surface area contributed by atoms with Crippen molar-refractivity contribution in [2.75, 3.05) is 24.5 Å². The molecular formula is C18H25N3O3. The van der Waals surface area contributed by atoms with Gasteiger partial charge in [-0.3, -0.25) is 4.79 Å². The average Bonchev–Trinajstić information content (AvgIpc) is 2.57. The van der Waals surface area contributed by atoms with Crippen LogP contribution in [0.4, 0.5) is 5.82 Å². The van der Waals surface area contributed by atoms with Crippen LogP contribution in [0.3, 0.4) is 0 Å². The van der Waals surface area contributed by atoms with Crippen molar-refractivity contribution >= 4 is 17.7 Å². The van der Waals surface area contributed by atoms with Crippen LogP contribution >= 0.6 is 0 Å². The van der Waals surface area contributed by atoms with Gasteiger partial charge in [-0.25, -0.2) is 9.78 Å². The molecule has 2 saturated heterocycles. The lowest BCUT2D eigenvalue weighted by Gasteiger charge is -2.49. The fourth-order valence-corrected chi connectivity index (χ4v) is 3.95. The molecular weight excluding hydrogens is 306 g/mol. The van der Waals surface area contributed by atoms with Gasteiger partial charge in [0.15, 0.2) is 0 Å². The van der Waals surface area contributed by atoms with Crippen LogP contribution in [0.25, 0.3) is 0 Å². The van der Waals surface area contributed by atoms with Crippen LogP contribution < -0.4 is 4.90 Å². The van der Waals surface area contributed by atoms with Crippen molar-refractivity contribution in [2.24, 2.45) is 5.41 Å². The molecule has 0 aliphatic carbocycles. The second-order valence-corrected chi connectivity index (χ2v) is 7.35. The topological polar surface area (TPSA) is 73.7 Å². The first kappa shape index (κ1) is 16.7. The van der Waals surface area contributed by atoms with Gasteiger partial charge in [-0.2, -0.15) is 0 Å². The summed E-state index contributed by atoms with van der Waals surface area (Å²) in [5, 5.41) is 9.00.